The molecule has 0 radical (unpaired) electrons. The van der Waals surface area contributed by atoms with Crippen molar-refractivity contribution < 1.29 is 19.2 Å². The van der Waals surface area contributed by atoms with Crippen molar-refractivity contribution in [1.82, 2.24) is 10.5 Å². The first-order valence-corrected chi connectivity index (χ1v) is 7.07. The second-order valence-corrected chi connectivity index (χ2v) is 5.26. The van der Waals surface area contributed by atoms with Crippen molar-refractivity contribution in [3.63, 3.8) is 0 Å². The summed E-state index contributed by atoms with van der Waals surface area (Å²) in [6.07, 6.45) is 3.52. The van der Waals surface area contributed by atoms with Gasteiger partial charge >= 0.3 is 5.97 Å². The molecule has 0 spiro atoms. The van der Waals surface area contributed by atoms with Crippen molar-refractivity contribution in [3.05, 3.63) is 17.5 Å². The monoisotopic (exact) mass is 280 g/mol. The number of rotatable bonds is 7. The highest BCUT2D eigenvalue weighted by molar-refractivity contribution is 5.94. The molecule has 0 bridgehead atoms. The lowest BCUT2D eigenvalue weighted by atomic mass is 9.99. The van der Waals surface area contributed by atoms with Crippen molar-refractivity contribution >= 4 is 11.9 Å². The van der Waals surface area contributed by atoms with E-state index in [1.54, 1.807) is 6.07 Å². The molecular weight excluding hydrogens is 260 g/mol. The number of carboxylic acid groups (broad SMARTS) is 1. The lowest BCUT2D eigenvalue weighted by molar-refractivity contribution is -0.139. The Bertz CT molecular complexity index is 489. The van der Waals surface area contributed by atoms with Crippen LogP contribution in [0.3, 0.4) is 0 Å². The molecule has 6 heteroatoms. The molecular formula is C14H20N2O4. The summed E-state index contributed by atoms with van der Waals surface area (Å²) in [5.74, 6) is -1.12. The molecule has 1 aromatic heterocycles. The number of aliphatic carboxylic acids is 1. The Hall–Kier alpha value is -1.85. The maximum absolute atomic E-state index is 12.0. The zero-order valence-corrected chi connectivity index (χ0v) is 11.8. The zero-order valence-electron chi connectivity index (χ0n) is 11.8. The van der Waals surface area contributed by atoms with Gasteiger partial charge in [0.25, 0.3) is 5.91 Å². The lowest BCUT2D eigenvalue weighted by Gasteiger charge is -2.11. The maximum atomic E-state index is 12.0. The number of carbonyl (C=O) groups excluding carboxylic acids is 1. The number of nitrogens with zero attached hydrogens (tertiary/aromatic N) is 1. The van der Waals surface area contributed by atoms with Crippen molar-refractivity contribution in [1.29, 1.82) is 0 Å². The Balaban J connectivity index is 2.03. The summed E-state index contributed by atoms with van der Waals surface area (Å²) in [4.78, 5) is 23.1. The number of hydrogen-bond donors (Lipinski definition) is 2. The van der Waals surface area contributed by atoms with E-state index in [1.807, 2.05) is 0 Å². The second kappa shape index (κ2) is 6.07. The highest BCUT2D eigenvalue weighted by atomic mass is 16.5. The van der Waals surface area contributed by atoms with Crippen LogP contribution in [0.2, 0.25) is 0 Å². The predicted octanol–water partition coefficient (Wildman–Crippen LogP) is 2.17. The summed E-state index contributed by atoms with van der Waals surface area (Å²) in [5, 5.41) is 15.5. The van der Waals surface area contributed by atoms with Crippen molar-refractivity contribution in [2.24, 2.45) is 5.92 Å². The van der Waals surface area contributed by atoms with Crippen LogP contribution in [0.1, 0.15) is 61.7 Å². The molecule has 0 saturated heterocycles. The Morgan fingerprint density at radius 3 is 2.60 bits per heavy atom. The molecule has 1 aromatic rings. The van der Waals surface area contributed by atoms with Gasteiger partial charge < -0.3 is 14.9 Å². The third-order valence-electron chi connectivity index (χ3n) is 3.80. The van der Waals surface area contributed by atoms with E-state index < -0.39 is 17.9 Å². The van der Waals surface area contributed by atoms with Crippen LogP contribution in [0.5, 0.6) is 0 Å². The Morgan fingerprint density at radius 1 is 1.45 bits per heavy atom. The zero-order chi connectivity index (χ0) is 14.7. The SMILES string of the molecule is CCC(CC)c1cc(C(=O)NC(C(=O)O)C2CC2)on1. The van der Waals surface area contributed by atoms with Crippen LogP contribution in [0, 0.1) is 5.92 Å². The smallest absolute Gasteiger partial charge is 0.326 e. The van der Waals surface area contributed by atoms with E-state index in [0.29, 0.717) is 0 Å². The molecule has 2 N–H and O–H groups in total. The number of carbonyl (C=O) groups is 2. The van der Waals surface area contributed by atoms with Crippen molar-refractivity contribution in [3.8, 4) is 0 Å². The van der Waals surface area contributed by atoms with Gasteiger partial charge in [-0.2, -0.15) is 0 Å². The van der Waals surface area contributed by atoms with Crippen LogP contribution >= 0.6 is 0 Å². The van der Waals surface area contributed by atoms with E-state index in [1.165, 1.54) is 0 Å². The number of aromatic nitrogens is 1. The molecule has 1 unspecified atom stereocenters. The number of amides is 1. The van der Waals surface area contributed by atoms with E-state index in [4.69, 9.17) is 9.63 Å². The van der Waals surface area contributed by atoms with Gasteiger partial charge in [0, 0.05) is 12.0 Å². The van der Waals surface area contributed by atoms with Gasteiger partial charge in [-0.15, -0.1) is 0 Å². The van der Waals surface area contributed by atoms with E-state index in [0.717, 1.165) is 31.4 Å². The van der Waals surface area contributed by atoms with E-state index >= 15 is 0 Å². The van der Waals surface area contributed by atoms with Gasteiger partial charge in [0.1, 0.15) is 6.04 Å². The van der Waals surface area contributed by atoms with Crippen LogP contribution in [0.4, 0.5) is 0 Å². The molecule has 2 rings (SSSR count). The molecule has 1 fully saturated rings. The lowest BCUT2D eigenvalue weighted by Crippen LogP contribution is -2.42. The molecule has 1 aliphatic rings. The highest BCUT2D eigenvalue weighted by Crippen LogP contribution is 2.33. The quantitative estimate of drug-likeness (QED) is 0.798. The van der Waals surface area contributed by atoms with Gasteiger partial charge in [-0.05, 0) is 31.6 Å². The first-order chi connectivity index (χ1) is 9.56. The molecule has 1 amide bonds. The van der Waals surface area contributed by atoms with Gasteiger partial charge in [0.15, 0.2) is 0 Å². The fourth-order valence-electron chi connectivity index (χ4n) is 2.32. The normalized spacial score (nSPS) is 16.1. The summed E-state index contributed by atoms with van der Waals surface area (Å²) in [5.41, 5.74) is 0.749. The fourth-order valence-corrected chi connectivity index (χ4v) is 2.32. The topological polar surface area (TPSA) is 92.4 Å². The molecule has 1 heterocycles. The van der Waals surface area contributed by atoms with Gasteiger partial charge in [-0.3, -0.25) is 4.79 Å². The number of carboxylic acids is 1. The minimum atomic E-state index is -0.999. The standard InChI is InChI=1S/C14H20N2O4/c1-3-8(4-2)10-7-11(20-16-10)13(17)15-12(14(18)19)9-5-6-9/h7-9,12H,3-6H2,1-2H3,(H,15,17)(H,18,19). The maximum Gasteiger partial charge on any atom is 0.326 e. The number of hydrogen-bond acceptors (Lipinski definition) is 4. The summed E-state index contributed by atoms with van der Waals surface area (Å²) in [6, 6.07) is 0.780. The third-order valence-corrected chi connectivity index (χ3v) is 3.80. The minimum absolute atomic E-state index is 0.0397. The van der Waals surface area contributed by atoms with Gasteiger partial charge in [0.05, 0.1) is 5.69 Å². The predicted molar refractivity (Wildman–Crippen MR) is 71.4 cm³/mol. The van der Waals surface area contributed by atoms with Crippen LogP contribution < -0.4 is 5.32 Å². The molecule has 1 saturated carbocycles. The van der Waals surface area contributed by atoms with Gasteiger partial charge in [-0.1, -0.05) is 19.0 Å². The average Bonchev–Trinajstić information content (AvgIpc) is 3.14. The van der Waals surface area contributed by atoms with E-state index in [2.05, 4.69) is 24.3 Å². The summed E-state index contributed by atoms with van der Waals surface area (Å²) in [7, 11) is 0. The molecule has 0 aromatic carbocycles. The van der Waals surface area contributed by atoms with Crippen molar-refractivity contribution in [2.45, 2.75) is 51.5 Å². The van der Waals surface area contributed by atoms with Crippen LogP contribution in [-0.4, -0.2) is 28.2 Å². The highest BCUT2D eigenvalue weighted by Gasteiger charge is 2.38. The Morgan fingerprint density at radius 2 is 2.10 bits per heavy atom. The molecule has 6 nitrogen and oxygen atoms in total. The van der Waals surface area contributed by atoms with Crippen LogP contribution in [0.15, 0.2) is 10.6 Å². The first kappa shape index (κ1) is 14.6. The molecule has 1 aliphatic carbocycles. The van der Waals surface area contributed by atoms with Crippen LogP contribution in [0.25, 0.3) is 0 Å². The van der Waals surface area contributed by atoms with Gasteiger partial charge in [-0.25, -0.2) is 4.79 Å². The third kappa shape index (κ3) is 3.18. The number of nitrogens with one attached hydrogen (secondary N) is 1. The summed E-state index contributed by atoms with van der Waals surface area (Å²) < 4.78 is 5.04. The second-order valence-electron chi connectivity index (χ2n) is 5.26. The van der Waals surface area contributed by atoms with Gasteiger partial charge in [0.2, 0.25) is 5.76 Å². The minimum Gasteiger partial charge on any atom is -0.480 e. The average molecular weight is 280 g/mol. The summed E-state index contributed by atoms with van der Waals surface area (Å²) >= 11 is 0. The molecule has 20 heavy (non-hydrogen) atoms. The molecule has 110 valence electrons. The van der Waals surface area contributed by atoms with Crippen LogP contribution in [-0.2, 0) is 4.79 Å². The summed E-state index contributed by atoms with van der Waals surface area (Å²) in [6.45, 7) is 4.10. The Kier molecular flexibility index (Phi) is 4.42. The molecule has 1 atom stereocenters. The van der Waals surface area contributed by atoms with Crippen molar-refractivity contribution in [2.75, 3.05) is 0 Å². The molecule has 0 aliphatic heterocycles. The van der Waals surface area contributed by atoms with E-state index in [-0.39, 0.29) is 17.6 Å². The van der Waals surface area contributed by atoms with E-state index in [9.17, 15) is 9.59 Å². The largest absolute Gasteiger partial charge is 0.480 e. The fraction of sp³-hybridized carbons (Fsp3) is 0.643. The first-order valence-electron chi connectivity index (χ1n) is 7.07. The Labute approximate surface area is 117 Å².